The zero-order valence-electron chi connectivity index (χ0n) is 48.4. The van der Waals surface area contributed by atoms with Crippen LogP contribution in [0.15, 0.2) is 0 Å². The maximum Gasteiger partial charge on any atom is 0.472 e. The molecule has 3 unspecified atom stereocenters. The van der Waals surface area contributed by atoms with Crippen molar-refractivity contribution in [1.82, 2.24) is 0 Å². The highest BCUT2D eigenvalue weighted by atomic mass is 31.2. The van der Waals surface area contributed by atoms with Crippen molar-refractivity contribution in [1.29, 1.82) is 0 Å². The van der Waals surface area contributed by atoms with Crippen molar-refractivity contribution in [3.8, 4) is 0 Å². The molecule has 76 heavy (non-hydrogen) atoms. The van der Waals surface area contributed by atoms with Crippen LogP contribution in [-0.2, 0) is 65.4 Å². The number of carbonyl (C=O) groups excluding carboxylic acids is 4. The SMILES string of the molecule is CCCCCCCCCCCCC(=O)OC[C@H](COP(=O)(O)OC[C@@H](O)COP(=O)(O)OC[C@@H](COC(=O)CCCCCCC)OC(=O)CCCCCCCCCCC)OC(=O)CCCCCCCCCCC(C)CC. The largest absolute Gasteiger partial charge is 0.472 e. The average molecular weight is 1130 g/mol. The number of phosphoric ester groups is 2. The Balaban J connectivity index is 5.19. The van der Waals surface area contributed by atoms with Crippen molar-refractivity contribution in [2.45, 2.75) is 297 Å². The van der Waals surface area contributed by atoms with Crippen molar-refractivity contribution in [3.63, 3.8) is 0 Å². The molecule has 0 amide bonds. The minimum atomic E-state index is -4.93. The molecule has 0 aliphatic heterocycles. The highest BCUT2D eigenvalue weighted by molar-refractivity contribution is 7.47. The summed E-state index contributed by atoms with van der Waals surface area (Å²) in [6.07, 6.45) is 32.3. The summed E-state index contributed by atoms with van der Waals surface area (Å²) in [5, 5.41) is 10.5. The van der Waals surface area contributed by atoms with Gasteiger partial charge in [0, 0.05) is 25.7 Å². The van der Waals surface area contributed by atoms with Crippen LogP contribution in [0.3, 0.4) is 0 Å². The Morgan fingerprint density at radius 3 is 0.934 bits per heavy atom. The molecule has 0 radical (unpaired) electrons. The van der Waals surface area contributed by atoms with Crippen LogP contribution >= 0.6 is 15.6 Å². The number of ether oxygens (including phenoxy) is 4. The van der Waals surface area contributed by atoms with Crippen molar-refractivity contribution in [2.75, 3.05) is 39.6 Å². The summed E-state index contributed by atoms with van der Waals surface area (Å²) >= 11 is 0. The first kappa shape index (κ1) is 74.1. The first-order valence-corrected chi connectivity index (χ1v) is 33.2. The Kier molecular flexibility index (Phi) is 49.9. The molecule has 0 aromatic heterocycles. The number of aliphatic hydroxyl groups excluding tert-OH is 1. The van der Waals surface area contributed by atoms with Crippen molar-refractivity contribution in [2.24, 2.45) is 5.92 Å². The van der Waals surface area contributed by atoms with Gasteiger partial charge in [-0.25, -0.2) is 9.13 Å². The predicted molar refractivity (Wildman–Crippen MR) is 298 cm³/mol. The smallest absolute Gasteiger partial charge is 0.462 e. The van der Waals surface area contributed by atoms with E-state index in [1.807, 2.05) is 0 Å². The molecule has 19 heteroatoms. The van der Waals surface area contributed by atoms with Crippen LogP contribution in [-0.4, -0.2) is 96.7 Å². The van der Waals surface area contributed by atoms with E-state index in [2.05, 4.69) is 34.6 Å². The van der Waals surface area contributed by atoms with E-state index in [0.29, 0.717) is 25.7 Å². The first-order chi connectivity index (χ1) is 36.6. The van der Waals surface area contributed by atoms with Crippen LogP contribution < -0.4 is 0 Å². The quantitative estimate of drug-likeness (QED) is 0.0222. The molecule has 6 atom stereocenters. The zero-order valence-corrected chi connectivity index (χ0v) is 50.2. The summed E-state index contributed by atoms with van der Waals surface area (Å²) in [7, 11) is -9.86. The van der Waals surface area contributed by atoms with E-state index in [-0.39, 0.29) is 25.7 Å². The van der Waals surface area contributed by atoms with Gasteiger partial charge >= 0.3 is 39.5 Å². The molecule has 0 rings (SSSR count). The molecule has 0 aromatic rings. The van der Waals surface area contributed by atoms with Crippen molar-refractivity contribution < 1.29 is 80.2 Å². The maximum absolute atomic E-state index is 12.9. The number of carbonyl (C=O) groups is 4. The molecular formula is C57H110O17P2. The van der Waals surface area contributed by atoms with Gasteiger partial charge in [-0.05, 0) is 31.6 Å². The molecule has 17 nitrogen and oxygen atoms in total. The number of unbranched alkanes of at least 4 members (excludes halogenated alkanes) is 28. The molecular weight excluding hydrogens is 1020 g/mol. The molecule has 0 aromatic carbocycles. The lowest BCUT2D eigenvalue weighted by Gasteiger charge is -2.21. The Labute approximate surface area is 460 Å². The van der Waals surface area contributed by atoms with Gasteiger partial charge in [0.1, 0.15) is 19.3 Å². The van der Waals surface area contributed by atoms with E-state index in [1.165, 1.54) is 96.3 Å². The second kappa shape index (κ2) is 51.2. The fourth-order valence-corrected chi connectivity index (χ4v) is 9.89. The van der Waals surface area contributed by atoms with Crippen LogP contribution in [0.5, 0.6) is 0 Å². The lowest BCUT2D eigenvalue weighted by molar-refractivity contribution is -0.161. The number of hydrogen-bond donors (Lipinski definition) is 3. The Bertz CT molecular complexity index is 1500. The highest BCUT2D eigenvalue weighted by Crippen LogP contribution is 2.45. The van der Waals surface area contributed by atoms with E-state index in [4.69, 9.17) is 37.0 Å². The van der Waals surface area contributed by atoms with Gasteiger partial charge in [-0.15, -0.1) is 0 Å². The van der Waals surface area contributed by atoms with E-state index < -0.39 is 97.5 Å². The second-order valence-corrected chi connectivity index (χ2v) is 23.8. The van der Waals surface area contributed by atoms with Crippen LogP contribution in [0, 0.1) is 5.92 Å². The van der Waals surface area contributed by atoms with E-state index in [9.17, 15) is 43.2 Å². The van der Waals surface area contributed by atoms with Gasteiger partial charge in [-0.2, -0.15) is 0 Å². The number of esters is 4. The summed E-state index contributed by atoms with van der Waals surface area (Å²) in [6.45, 7) is 7.02. The van der Waals surface area contributed by atoms with Gasteiger partial charge < -0.3 is 33.8 Å². The first-order valence-electron chi connectivity index (χ1n) is 30.2. The van der Waals surface area contributed by atoms with Crippen molar-refractivity contribution >= 4 is 39.5 Å². The number of rotatable bonds is 57. The molecule has 0 bridgehead atoms. The average Bonchev–Trinajstić information content (AvgIpc) is 3.39. The van der Waals surface area contributed by atoms with Crippen molar-refractivity contribution in [3.05, 3.63) is 0 Å². The summed E-state index contributed by atoms with van der Waals surface area (Å²) in [4.78, 5) is 71.6. The van der Waals surface area contributed by atoms with Gasteiger partial charge in [-0.1, -0.05) is 227 Å². The molecule has 3 N–H and O–H groups in total. The Hall–Kier alpha value is -1.94. The molecule has 0 aliphatic rings. The Morgan fingerprint density at radius 1 is 0.368 bits per heavy atom. The van der Waals surface area contributed by atoms with Gasteiger partial charge in [-0.3, -0.25) is 37.3 Å². The van der Waals surface area contributed by atoms with Crippen LogP contribution in [0.2, 0.25) is 0 Å². The van der Waals surface area contributed by atoms with Gasteiger partial charge in [0.05, 0.1) is 26.4 Å². The molecule has 450 valence electrons. The summed E-state index contributed by atoms with van der Waals surface area (Å²) < 4.78 is 67.5. The molecule has 0 fully saturated rings. The standard InChI is InChI=1S/C57H110O17P2/c1-6-10-13-16-18-20-22-26-31-36-41-55(60)68-47-53(74-57(62)43-38-33-28-24-23-25-30-34-39-50(5)9-4)49-72-76(65,66)70-45-51(58)44-69-75(63,64)71-48-52(46-67-54(59)40-35-29-15-12-8-3)73-56(61)42-37-32-27-21-19-17-14-11-7-2/h50-53,58H,6-49H2,1-5H3,(H,63,64)(H,65,66)/t50?,51-,52+,53+/m0/s1. The topological polar surface area (TPSA) is 237 Å². The van der Waals surface area contributed by atoms with Gasteiger partial charge in [0.2, 0.25) is 0 Å². The monoisotopic (exact) mass is 1130 g/mol. The minimum Gasteiger partial charge on any atom is -0.462 e. The second-order valence-electron chi connectivity index (χ2n) is 20.9. The van der Waals surface area contributed by atoms with E-state index in [0.717, 1.165) is 102 Å². The Morgan fingerprint density at radius 2 is 0.632 bits per heavy atom. The molecule has 0 saturated carbocycles. The third-order valence-electron chi connectivity index (χ3n) is 13.4. The van der Waals surface area contributed by atoms with E-state index >= 15 is 0 Å². The summed E-state index contributed by atoms with van der Waals surface area (Å²) in [5.41, 5.74) is 0. The zero-order chi connectivity index (χ0) is 56.4. The van der Waals surface area contributed by atoms with Gasteiger partial charge in [0.25, 0.3) is 0 Å². The third-order valence-corrected chi connectivity index (χ3v) is 15.3. The highest BCUT2D eigenvalue weighted by Gasteiger charge is 2.30. The van der Waals surface area contributed by atoms with Crippen LogP contribution in [0.25, 0.3) is 0 Å². The summed E-state index contributed by atoms with van der Waals surface area (Å²) in [6, 6.07) is 0. The number of aliphatic hydroxyl groups is 1. The normalized spacial score (nSPS) is 14.8. The van der Waals surface area contributed by atoms with Crippen LogP contribution in [0.4, 0.5) is 0 Å². The maximum atomic E-state index is 12.9. The van der Waals surface area contributed by atoms with Gasteiger partial charge in [0.15, 0.2) is 12.2 Å². The number of phosphoric acid groups is 2. The minimum absolute atomic E-state index is 0.105. The van der Waals surface area contributed by atoms with E-state index in [1.54, 1.807) is 0 Å². The lowest BCUT2D eigenvalue weighted by Crippen LogP contribution is -2.30. The fraction of sp³-hybridized carbons (Fsp3) is 0.930. The molecule has 0 aliphatic carbocycles. The molecule has 0 saturated heterocycles. The third kappa shape index (κ3) is 50.3. The predicted octanol–water partition coefficient (Wildman–Crippen LogP) is 15.1. The summed E-state index contributed by atoms with van der Waals surface area (Å²) in [5.74, 6) is -1.39. The molecule has 0 heterocycles. The lowest BCUT2D eigenvalue weighted by atomic mass is 9.99. The molecule has 0 spiro atoms. The number of hydrogen-bond acceptors (Lipinski definition) is 15. The fourth-order valence-electron chi connectivity index (χ4n) is 8.31. The van der Waals surface area contributed by atoms with Crippen LogP contribution in [0.1, 0.15) is 279 Å².